The van der Waals surface area contributed by atoms with Gasteiger partial charge in [0.05, 0.1) is 16.7 Å². The molecule has 0 spiro atoms. The van der Waals surface area contributed by atoms with Crippen LogP contribution in [0.1, 0.15) is 24.5 Å². The summed E-state index contributed by atoms with van der Waals surface area (Å²) in [6.07, 6.45) is 0.773. The molecule has 146 valence electrons. The molecule has 2 aromatic carbocycles. The number of hydrogen-bond donors (Lipinski definition) is 0. The maximum Gasteiger partial charge on any atom is 0.306 e. The highest BCUT2D eigenvalue weighted by Crippen LogP contribution is 2.28. The van der Waals surface area contributed by atoms with Crippen molar-refractivity contribution in [3.05, 3.63) is 57.6 Å². The highest BCUT2D eigenvalue weighted by atomic mass is 35.5. The molecule has 2 rings (SSSR count). The van der Waals surface area contributed by atoms with E-state index in [9.17, 15) is 4.79 Å². The minimum Gasteiger partial charge on any atom is -0.488 e. The number of benzene rings is 2. The summed E-state index contributed by atoms with van der Waals surface area (Å²) in [6, 6.07) is 10.8. The fourth-order valence-electron chi connectivity index (χ4n) is 2.35. The first-order valence-electron chi connectivity index (χ1n) is 8.50. The number of rotatable bonds is 10. The van der Waals surface area contributed by atoms with Crippen molar-refractivity contribution < 1.29 is 23.7 Å². The van der Waals surface area contributed by atoms with Gasteiger partial charge in [-0.2, -0.15) is 0 Å². The second kappa shape index (κ2) is 11.0. The summed E-state index contributed by atoms with van der Waals surface area (Å²) in [5, 5.41) is 0.961. The third-order valence-corrected chi connectivity index (χ3v) is 4.40. The molecule has 0 aliphatic heterocycles. The van der Waals surface area contributed by atoms with Gasteiger partial charge >= 0.3 is 5.97 Å². The molecule has 27 heavy (non-hydrogen) atoms. The summed E-state index contributed by atoms with van der Waals surface area (Å²) in [5.41, 5.74) is 1.76. The van der Waals surface area contributed by atoms with Gasteiger partial charge in [0, 0.05) is 19.6 Å². The van der Waals surface area contributed by atoms with Crippen molar-refractivity contribution in [3.63, 3.8) is 0 Å². The van der Waals surface area contributed by atoms with Gasteiger partial charge in [-0.05, 0) is 42.7 Å². The van der Waals surface area contributed by atoms with E-state index in [0.717, 1.165) is 11.1 Å². The topological polar surface area (TPSA) is 54.0 Å². The molecule has 0 aliphatic rings. The van der Waals surface area contributed by atoms with Crippen LogP contribution in [0.25, 0.3) is 0 Å². The van der Waals surface area contributed by atoms with Crippen molar-refractivity contribution >= 4 is 29.2 Å². The lowest BCUT2D eigenvalue weighted by molar-refractivity contribution is -0.143. The number of esters is 1. The van der Waals surface area contributed by atoms with Crippen LogP contribution in [-0.4, -0.2) is 26.5 Å². The summed E-state index contributed by atoms with van der Waals surface area (Å²) in [7, 11) is 1.55. The van der Waals surface area contributed by atoms with E-state index in [0.29, 0.717) is 41.2 Å². The van der Waals surface area contributed by atoms with Crippen molar-refractivity contribution in [2.75, 3.05) is 20.5 Å². The molecule has 0 radical (unpaired) electrons. The molecule has 0 unspecified atom stereocenters. The number of methoxy groups -OCH3 is 1. The number of ether oxygens (including phenoxy) is 4. The van der Waals surface area contributed by atoms with Gasteiger partial charge in [-0.1, -0.05) is 35.3 Å². The Morgan fingerprint density at radius 2 is 1.85 bits per heavy atom. The van der Waals surface area contributed by atoms with E-state index < -0.39 is 0 Å². The Morgan fingerprint density at radius 3 is 2.56 bits per heavy atom. The maximum atomic E-state index is 11.7. The Kier molecular flexibility index (Phi) is 8.72. The van der Waals surface area contributed by atoms with E-state index in [2.05, 4.69) is 0 Å². The van der Waals surface area contributed by atoms with E-state index in [1.165, 1.54) is 0 Å². The lowest BCUT2D eigenvalue weighted by Crippen LogP contribution is -2.07. The zero-order valence-corrected chi connectivity index (χ0v) is 16.8. The normalized spacial score (nSPS) is 10.5. The van der Waals surface area contributed by atoms with Crippen LogP contribution in [0.4, 0.5) is 0 Å². The van der Waals surface area contributed by atoms with Crippen LogP contribution in [0, 0.1) is 0 Å². The van der Waals surface area contributed by atoms with Gasteiger partial charge in [-0.15, -0.1) is 0 Å². The third-order valence-electron chi connectivity index (χ3n) is 3.66. The monoisotopic (exact) mass is 412 g/mol. The summed E-state index contributed by atoms with van der Waals surface area (Å²) in [4.78, 5) is 11.7. The van der Waals surface area contributed by atoms with Crippen LogP contribution in [0.5, 0.6) is 11.5 Å². The van der Waals surface area contributed by atoms with Crippen LogP contribution in [0.3, 0.4) is 0 Å². The predicted molar refractivity (Wildman–Crippen MR) is 105 cm³/mol. The van der Waals surface area contributed by atoms with E-state index in [-0.39, 0.29) is 19.2 Å². The molecule has 0 aromatic heterocycles. The molecule has 2 aromatic rings. The highest BCUT2D eigenvalue weighted by Gasteiger charge is 2.11. The summed E-state index contributed by atoms with van der Waals surface area (Å²) in [5.74, 6) is 0.993. The lowest BCUT2D eigenvalue weighted by atomic mass is 10.1. The number of halogens is 2. The van der Waals surface area contributed by atoms with Gasteiger partial charge in [-0.25, -0.2) is 0 Å². The Morgan fingerprint density at radius 1 is 1.04 bits per heavy atom. The smallest absolute Gasteiger partial charge is 0.306 e. The van der Waals surface area contributed by atoms with Gasteiger partial charge in [0.25, 0.3) is 0 Å². The predicted octanol–water partition coefficient (Wildman–Crippen LogP) is 5.05. The third kappa shape index (κ3) is 6.94. The van der Waals surface area contributed by atoms with Crippen molar-refractivity contribution in [3.8, 4) is 11.5 Å². The van der Waals surface area contributed by atoms with E-state index in [4.69, 9.17) is 42.1 Å². The first kappa shape index (κ1) is 21.4. The van der Waals surface area contributed by atoms with Crippen molar-refractivity contribution in [1.29, 1.82) is 0 Å². The summed E-state index contributed by atoms with van der Waals surface area (Å²) < 4.78 is 21.3. The summed E-state index contributed by atoms with van der Waals surface area (Å²) >= 11 is 12.0. The van der Waals surface area contributed by atoms with Gasteiger partial charge in [0.15, 0.2) is 6.79 Å². The van der Waals surface area contributed by atoms with Gasteiger partial charge in [-0.3, -0.25) is 4.79 Å². The fraction of sp³-hybridized carbons (Fsp3) is 0.350. The Hall–Kier alpha value is -1.95. The molecule has 0 N–H and O–H groups in total. The minimum absolute atomic E-state index is 0.133. The molecule has 7 heteroatoms. The minimum atomic E-state index is -0.243. The van der Waals surface area contributed by atoms with Gasteiger partial charge in [0.1, 0.15) is 18.1 Å². The number of carbonyl (C=O) groups excluding carboxylic acids is 1. The van der Waals surface area contributed by atoms with Crippen LogP contribution in [0.2, 0.25) is 10.0 Å². The van der Waals surface area contributed by atoms with Crippen molar-refractivity contribution in [2.45, 2.75) is 26.4 Å². The van der Waals surface area contributed by atoms with E-state index >= 15 is 0 Å². The van der Waals surface area contributed by atoms with Crippen LogP contribution in [0.15, 0.2) is 36.4 Å². The Bertz CT molecular complexity index is 764. The SMILES string of the molecule is CCOC(=O)CCc1ccc(OCOC)cc1OCc1ccc(Cl)c(Cl)c1. The zero-order valence-electron chi connectivity index (χ0n) is 15.3. The molecular formula is C20H22Cl2O5. The van der Waals surface area contributed by atoms with Crippen molar-refractivity contribution in [1.82, 2.24) is 0 Å². The molecule has 0 aliphatic carbocycles. The molecule has 0 saturated heterocycles. The van der Waals surface area contributed by atoms with Crippen LogP contribution >= 0.6 is 23.2 Å². The fourth-order valence-corrected chi connectivity index (χ4v) is 2.67. The lowest BCUT2D eigenvalue weighted by Gasteiger charge is -2.14. The molecule has 0 heterocycles. The average Bonchev–Trinajstić information content (AvgIpc) is 2.66. The van der Waals surface area contributed by atoms with Crippen LogP contribution < -0.4 is 9.47 Å². The highest BCUT2D eigenvalue weighted by molar-refractivity contribution is 6.42. The molecule has 0 atom stereocenters. The zero-order chi connectivity index (χ0) is 19.6. The first-order valence-corrected chi connectivity index (χ1v) is 9.26. The van der Waals surface area contributed by atoms with Gasteiger partial charge < -0.3 is 18.9 Å². The molecule has 0 bridgehead atoms. The number of aryl methyl sites for hydroxylation is 1. The second-order valence-corrected chi connectivity index (χ2v) is 6.48. The first-order chi connectivity index (χ1) is 13.0. The molecule has 0 saturated carbocycles. The Labute approximate surface area is 169 Å². The molecular weight excluding hydrogens is 391 g/mol. The summed E-state index contributed by atoms with van der Waals surface area (Å²) in [6.45, 7) is 2.58. The van der Waals surface area contributed by atoms with E-state index in [1.807, 2.05) is 18.2 Å². The molecule has 0 amide bonds. The molecule has 5 nitrogen and oxygen atoms in total. The number of hydrogen-bond acceptors (Lipinski definition) is 5. The average molecular weight is 413 g/mol. The van der Waals surface area contributed by atoms with Crippen LogP contribution in [-0.2, 0) is 27.3 Å². The van der Waals surface area contributed by atoms with Gasteiger partial charge in [0.2, 0.25) is 0 Å². The maximum absolute atomic E-state index is 11.7. The molecule has 0 fully saturated rings. The number of carbonyl (C=O) groups is 1. The Balaban J connectivity index is 2.12. The quantitative estimate of drug-likeness (QED) is 0.403. The largest absolute Gasteiger partial charge is 0.488 e. The standard InChI is InChI=1S/C20H22Cl2O5/c1-3-25-20(23)9-6-15-5-7-16(27-13-24-2)11-19(15)26-12-14-4-8-17(21)18(22)10-14/h4-5,7-8,10-11H,3,6,9,12-13H2,1-2H3. The second-order valence-electron chi connectivity index (χ2n) is 5.66. The van der Waals surface area contributed by atoms with E-state index in [1.54, 1.807) is 32.2 Å². The van der Waals surface area contributed by atoms with Crippen molar-refractivity contribution in [2.24, 2.45) is 0 Å².